The van der Waals surface area contributed by atoms with Crippen LogP contribution >= 0.6 is 22.7 Å². The molecule has 0 aliphatic rings. The molecule has 0 radical (unpaired) electrons. The number of aromatic nitrogens is 2. The van der Waals surface area contributed by atoms with Crippen molar-refractivity contribution in [3.05, 3.63) is 69.4 Å². The van der Waals surface area contributed by atoms with Crippen molar-refractivity contribution in [2.45, 2.75) is 0 Å². The first-order valence-corrected chi connectivity index (χ1v) is 9.89. The number of hydrogen-bond donors (Lipinski definition) is 1. The molecule has 1 aromatic carbocycles. The Labute approximate surface area is 166 Å². The van der Waals surface area contributed by atoms with Crippen molar-refractivity contribution < 1.29 is 14.6 Å². The predicted molar refractivity (Wildman–Crippen MR) is 110 cm³/mol. The zero-order chi connectivity index (χ0) is 19.5. The van der Waals surface area contributed by atoms with Crippen LogP contribution in [-0.4, -0.2) is 33.6 Å². The lowest BCUT2D eigenvalue weighted by Crippen LogP contribution is -2.16. The molecule has 3 heterocycles. The van der Waals surface area contributed by atoms with Crippen molar-refractivity contribution in [1.82, 2.24) is 9.66 Å². The summed E-state index contributed by atoms with van der Waals surface area (Å²) in [4.78, 5) is 29.4. The minimum absolute atomic E-state index is 0.229. The molecule has 0 amide bonds. The number of fused-ring (bicyclic) bond motifs is 1. The average molecular weight is 411 g/mol. The number of ether oxygens (including phenoxy) is 1. The summed E-state index contributed by atoms with van der Waals surface area (Å²) in [7, 11) is 0. The molecule has 0 aliphatic heterocycles. The second-order valence-corrected chi connectivity index (χ2v) is 7.50. The lowest BCUT2D eigenvalue weighted by atomic mass is 10.2. The van der Waals surface area contributed by atoms with E-state index < -0.39 is 12.6 Å². The van der Waals surface area contributed by atoms with Gasteiger partial charge in [-0.15, -0.1) is 22.7 Å². The van der Waals surface area contributed by atoms with Gasteiger partial charge in [-0.25, -0.2) is 9.78 Å². The van der Waals surface area contributed by atoms with E-state index in [4.69, 9.17) is 9.84 Å². The van der Waals surface area contributed by atoms with Crippen LogP contribution in [0.5, 0.6) is 5.75 Å². The quantitative estimate of drug-likeness (QED) is 0.490. The third-order valence-electron chi connectivity index (χ3n) is 3.84. The van der Waals surface area contributed by atoms with Crippen LogP contribution in [0.4, 0.5) is 0 Å². The smallest absolute Gasteiger partial charge is 0.341 e. The van der Waals surface area contributed by atoms with Crippen molar-refractivity contribution in [3.63, 3.8) is 0 Å². The molecule has 0 saturated heterocycles. The Morgan fingerprint density at radius 3 is 2.79 bits per heavy atom. The first-order chi connectivity index (χ1) is 13.6. The molecule has 0 spiro atoms. The maximum Gasteiger partial charge on any atom is 0.341 e. The van der Waals surface area contributed by atoms with Crippen molar-refractivity contribution in [1.29, 1.82) is 0 Å². The summed E-state index contributed by atoms with van der Waals surface area (Å²) in [5.74, 6) is -0.595. The predicted octanol–water partition coefficient (Wildman–Crippen LogP) is 3.53. The van der Waals surface area contributed by atoms with Crippen molar-refractivity contribution in [2.24, 2.45) is 5.10 Å². The van der Waals surface area contributed by atoms with Gasteiger partial charge in [0.1, 0.15) is 16.9 Å². The first kappa shape index (κ1) is 18.1. The van der Waals surface area contributed by atoms with Gasteiger partial charge in [0.15, 0.2) is 6.61 Å². The van der Waals surface area contributed by atoms with Crippen LogP contribution in [0, 0.1) is 0 Å². The Morgan fingerprint density at radius 2 is 2.07 bits per heavy atom. The van der Waals surface area contributed by atoms with Crippen LogP contribution < -0.4 is 10.3 Å². The van der Waals surface area contributed by atoms with Gasteiger partial charge in [-0.2, -0.15) is 9.78 Å². The summed E-state index contributed by atoms with van der Waals surface area (Å²) >= 11 is 3.00. The summed E-state index contributed by atoms with van der Waals surface area (Å²) in [6.45, 7) is -0.401. The average Bonchev–Trinajstić information content (AvgIpc) is 3.36. The first-order valence-electron chi connectivity index (χ1n) is 8.13. The molecule has 4 rings (SSSR count). The number of carboxylic acids is 1. The zero-order valence-corrected chi connectivity index (χ0v) is 15.9. The molecular formula is C19H13N3O4S2. The third kappa shape index (κ3) is 3.71. The highest BCUT2D eigenvalue weighted by atomic mass is 32.1. The molecule has 7 nitrogen and oxygen atoms in total. The summed E-state index contributed by atoms with van der Waals surface area (Å²) in [5.41, 5.74) is 1.38. The number of rotatable bonds is 6. The topological polar surface area (TPSA) is 93.8 Å². The molecule has 9 heteroatoms. The Morgan fingerprint density at radius 1 is 1.25 bits per heavy atom. The monoisotopic (exact) mass is 411 g/mol. The second-order valence-electron chi connectivity index (χ2n) is 5.70. The van der Waals surface area contributed by atoms with Gasteiger partial charge in [0.2, 0.25) is 0 Å². The number of aliphatic carboxylic acids is 1. The Kier molecular flexibility index (Phi) is 5.00. The van der Waals surface area contributed by atoms with E-state index in [9.17, 15) is 9.59 Å². The van der Waals surface area contributed by atoms with Crippen molar-refractivity contribution >= 4 is 45.1 Å². The van der Waals surface area contributed by atoms with Crippen molar-refractivity contribution in [2.75, 3.05) is 6.61 Å². The molecule has 1 N–H and O–H groups in total. The van der Waals surface area contributed by atoms with E-state index in [2.05, 4.69) is 10.1 Å². The molecule has 3 aromatic heterocycles. The molecule has 140 valence electrons. The summed E-state index contributed by atoms with van der Waals surface area (Å²) in [5, 5.41) is 17.3. The molecule has 0 atom stereocenters. The molecule has 0 fully saturated rings. The molecule has 0 unspecified atom stereocenters. The highest BCUT2D eigenvalue weighted by Gasteiger charge is 2.13. The van der Waals surface area contributed by atoms with Crippen LogP contribution in [0.2, 0.25) is 0 Å². The SMILES string of the molecule is O=C(O)COc1ccc(/C=N\n2cnc3scc(-c4cccs4)c3c2=O)cc1. The van der Waals surface area contributed by atoms with Gasteiger partial charge >= 0.3 is 5.97 Å². The van der Waals surface area contributed by atoms with Gasteiger partial charge < -0.3 is 9.84 Å². The van der Waals surface area contributed by atoms with Gasteiger partial charge in [0.25, 0.3) is 5.56 Å². The lowest BCUT2D eigenvalue weighted by Gasteiger charge is -2.03. The fourth-order valence-corrected chi connectivity index (χ4v) is 4.26. The number of nitrogens with zero attached hydrogens (tertiary/aromatic N) is 3. The molecule has 4 aromatic rings. The van der Waals surface area contributed by atoms with E-state index >= 15 is 0 Å². The fourth-order valence-electron chi connectivity index (χ4n) is 2.54. The second kappa shape index (κ2) is 7.75. The Bertz CT molecular complexity index is 1210. The van der Waals surface area contributed by atoms with E-state index in [1.807, 2.05) is 22.9 Å². The number of carbonyl (C=O) groups is 1. The lowest BCUT2D eigenvalue weighted by molar-refractivity contribution is -0.139. The van der Waals surface area contributed by atoms with E-state index in [1.54, 1.807) is 35.6 Å². The number of carboxylic acid groups (broad SMARTS) is 1. The standard InChI is InChI=1S/C19H13N3O4S2/c23-16(24)9-26-13-5-3-12(4-6-13)8-21-22-11-20-18-17(19(22)25)14(10-28-18)15-2-1-7-27-15/h1-8,10-11H,9H2,(H,23,24)/b21-8-. The summed E-state index contributed by atoms with van der Waals surface area (Å²) in [6.07, 6.45) is 2.94. The van der Waals surface area contributed by atoms with Gasteiger partial charge in [-0.05, 0) is 41.3 Å². The van der Waals surface area contributed by atoms with E-state index in [0.29, 0.717) is 16.0 Å². The fraction of sp³-hybridized carbons (Fsp3) is 0.0526. The summed E-state index contributed by atoms with van der Waals surface area (Å²) in [6, 6.07) is 10.6. The Hall–Kier alpha value is -3.30. The number of thiophene rings is 2. The number of benzene rings is 1. The molecule has 28 heavy (non-hydrogen) atoms. The maximum absolute atomic E-state index is 12.9. The molecule has 0 bridgehead atoms. The zero-order valence-electron chi connectivity index (χ0n) is 14.3. The van der Waals surface area contributed by atoms with Gasteiger partial charge in [0, 0.05) is 15.8 Å². The van der Waals surface area contributed by atoms with Gasteiger partial charge in [-0.1, -0.05) is 6.07 Å². The van der Waals surface area contributed by atoms with Gasteiger partial charge in [-0.3, -0.25) is 4.79 Å². The normalized spacial score (nSPS) is 11.3. The van der Waals surface area contributed by atoms with Crippen LogP contribution in [0.25, 0.3) is 20.7 Å². The molecule has 0 saturated carbocycles. The highest BCUT2D eigenvalue weighted by Crippen LogP contribution is 2.33. The maximum atomic E-state index is 12.9. The van der Waals surface area contributed by atoms with Crippen molar-refractivity contribution in [3.8, 4) is 16.2 Å². The van der Waals surface area contributed by atoms with E-state index in [0.717, 1.165) is 16.0 Å². The van der Waals surface area contributed by atoms with Crippen LogP contribution in [-0.2, 0) is 4.79 Å². The largest absolute Gasteiger partial charge is 0.482 e. The van der Waals surface area contributed by atoms with E-state index in [-0.39, 0.29) is 5.56 Å². The third-order valence-corrected chi connectivity index (χ3v) is 5.63. The van der Waals surface area contributed by atoms with Crippen LogP contribution in [0.3, 0.4) is 0 Å². The number of hydrogen-bond acceptors (Lipinski definition) is 7. The molecular weight excluding hydrogens is 398 g/mol. The Balaban J connectivity index is 1.61. The minimum atomic E-state index is -1.04. The summed E-state index contributed by atoms with van der Waals surface area (Å²) < 4.78 is 6.29. The highest BCUT2D eigenvalue weighted by molar-refractivity contribution is 7.18. The van der Waals surface area contributed by atoms with Crippen LogP contribution in [0.15, 0.2) is 63.4 Å². The van der Waals surface area contributed by atoms with Gasteiger partial charge in [0.05, 0.1) is 11.6 Å². The van der Waals surface area contributed by atoms with Crippen LogP contribution in [0.1, 0.15) is 5.56 Å². The minimum Gasteiger partial charge on any atom is -0.482 e. The van der Waals surface area contributed by atoms with E-state index in [1.165, 1.54) is 28.6 Å². The molecule has 0 aliphatic carbocycles.